The lowest BCUT2D eigenvalue weighted by atomic mass is 9.79. The minimum Gasteiger partial charge on any atom is -0.361 e. The van der Waals surface area contributed by atoms with Crippen LogP contribution in [0.3, 0.4) is 0 Å². The predicted octanol–water partition coefficient (Wildman–Crippen LogP) is 4.48. The SMILES string of the molecule is CN1C(=O)c2ccccc2[C@H](C(=O)N2CCCCCC2)[C@@H]1c1c[nH]c2ccccc12. The summed E-state index contributed by atoms with van der Waals surface area (Å²) in [4.78, 5) is 34.3. The number of nitrogens with one attached hydrogen (secondary N) is 1. The molecule has 1 N–H and O–H groups in total. The van der Waals surface area contributed by atoms with Gasteiger partial charge in [0, 0.05) is 48.4 Å². The van der Waals surface area contributed by atoms with Gasteiger partial charge in [0.05, 0.1) is 12.0 Å². The van der Waals surface area contributed by atoms with E-state index in [1.165, 1.54) is 12.8 Å². The highest BCUT2D eigenvalue weighted by molar-refractivity contribution is 6.02. The highest BCUT2D eigenvalue weighted by atomic mass is 16.2. The van der Waals surface area contributed by atoms with E-state index in [1.54, 1.807) is 4.90 Å². The highest BCUT2D eigenvalue weighted by Crippen LogP contribution is 2.45. The molecule has 5 rings (SSSR count). The predicted molar refractivity (Wildman–Crippen MR) is 117 cm³/mol. The molecule has 2 aromatic carbocycles. The number of fused-ring (bicyclic) bond motifs is 2. The summed E-state index contributed by atoms with van der Waals surface area (Å²) in [6.07, 6.45) is 6.42. The third-order valence-electron chi connectivity index (χ3n) is 6.70. The van der Waals surface area contributed by atoms with Crippen LogP contribution in [0.25, 0.3) is 10.9 Å². The largest absolute Gasteiger partial charge is 0.361 e. The Kier molecular flexibility index (Phi) is 4.81. The smallest absolute Gasteiger partial charge is 0.254 e. The molecule has 0 unspecified atom stereocenters. The number of carbonyl (C=O) groups excluding carboxylic acids is 2. The van der Waals surface area contributed by atoms with E-state index in [9.17, 15) is 9.59 Å². The van der Waals surface area contributed by atoms with Crippen molar-refractivity contribution in [1.29, 1.82) is 0 Å². The zero-order chi connectivity index (χ0) is 20.7. The number of amides is 2. The molecule has 0 saturated carbocycles. The number of rotatable bonds is 2. The molecule has 0 aliphatic carbocycles. The van der Waals surface area contributed by atoms with E-state index >= 15 is 0 Å². The van der Waals surface area contributed by atoms with Crippen molar-refractivity contribution in [1.82, 2.24) is 14.8 Å². The van der Waals surface area contributed by atoms with Crippen LogP contribution in [-0.2, 0) is 4.79 Å². The molecule has 2 aliphatic heterocycles. The Hall–Kier alpha value is -3.08. The van der Waals surface area contributed by atoms with Crippen LogP contribution in [0.4, 0.5) is 0 Å². The van der Waals surface area contributed by atoms with Gasteiger partial charge in [-0.2, -0.15) is 0 Å². The zero-order valence-corrected chi connectivity index (χ0v) is 17.3. The van der Waals surface area contributed by atoms with Gasteiger partial charge in [-0.3, -0.25) is 9.59 Å². The fraction of sp³-hybridized carbons (Fsp3) is 0.360. The summed E-state index contributed by atoms with van der Waals surface area (Å²) in [5.41, 5.74) is 3.52. The van der Waals surface area contributed by atoms with Crippen molar-refractivity contribution < 1.29 is 9.59 Å². The average molecular weight is 402 g/mol. The van der Waals surface area contributed by atoms with Crippen LogP contribution in [0.15, 0.2) is 54.7 Å². The van der Waals surface area contributed by atoms with Gasteiger partial charge in [0.1, 0.15) is 0 Å². The van der Waals surface area contributed by atoms with E-state index in [4.69, 9.17) is 0 Å². The number of aromatic nitrogens is 1. The summed E-state index contributed by atoms with van der Waals surface area (Å²) in [7, 11) is 1.83. The van der Waals surface area contributed by atoms with Gasteiger partial charge in [0.2, 0.25) is 5.91 Å². The van der Waals surface area contributed by atoms with E-state index in [-0.39, 0.29) is 17.9 Å². The first-order chi connectivity index (χ1) is 14.7. The van der Waals surface area contributed by atoms with Gasteiger partial charge in [-0.15, -0.1) is 0 Å². The molecule has 1 saturated heterocycles. The molecule has 1 aromatic heterocycles. The Morgan fingerprint density at radius 1 is 0.933 bits per heavy atom. The molecule has 5 nitrogen and oxygen atoms in total. The normalized spacial score (nSPS) is 22.1. The second kappa shape index (κ2) is 7.63. The molecule has 2 aliphatic rings. The van der Waals surface area contributed by atoms with Gasteiger partial charge in [-0.25, -0.2) is 0 Å². The fourth-order valence-electron chi connectivity index (χ4n) is 5.16. The van der Waals surface area contributed by atoms with Gasteiger partial charge in [-0.1, -0.05) is 49.2 Å². The molecule has 0 radical (unpaired) electrons. The molecule has 1 fully saturated rings. The third kappa shape index (κ3) is 3.00. The van der Waals surface area contributed by atoms with Crippen molar-refractivity contribution in [2.24, 2.45) is 0 Å². The lowest BCUT2D eigenvalue weighted by Crippen LogP contribution is -2.47. The van der Waals surface area contributed by atoms with Crippen molar-refractivity contribution in [3.63, 3.8) is 0 Å². The minimum atomic E-state index is -0.402. The number of H-pyrrole nitrogens is 1. The Labute approximate surface area is 176 Å². The molecule has 30 heavy (non-hydrogen) atoms. The molecular weight excluding hydrogens is 374 g/mol. The molecule has 154 valence electrons. The number of para-hydroxylation sites is 1. The van der Waals surface area contributed by atoms with Crippen LogP contribution < -0.4 is 0 Å². The average Bonchev–Trinajstić information content (AvgIpc) is 3.00. The van der Waals surface area contributed by atoms with Crippen LogP contribution in [-0.4, -0.2) is 46.7 Å². The number of likely N-dealkylation sites (tertiary alicyclic amines) is 1. The number of hydrogen-bond donors (Lipinski definition) is 1. The summed E-state index contributed by atoms with van der Waals surface area (Å²) < 4.78 is 0. The van der Waals surface area contributed by atoms with Gasteiger partial charge in [-0.05, 0) is 30.5 Å². The van der Waals surface area contributed by atoms with Crippen LogP contribution in [0.2, 0.25) is 0 Å². The van der Waals surface area contributed by atoms with Crippen molar-refractivity contribution in [2.75, 3.05) is 20.1 Å². The summed E-state index contributed by atoms with van der Waals surface area (Å²) in [6, 6.07) is 15.4. The maximum absolute atomic E-state index is 13.9. The lowest BCUT2D eigenvalue weighted by molar-refractivity contribution is -0.134. The number of likely N-dealkylation sites (N-methyl/N-ethyl adjacent to an activating group) is 1. The molecule has 3 heterocycles. The summed E-state index contributed by atoms with van der Waals surface area (Å²) in [5.74, 6) is -0.291. The molecule has 0 bridgehead atoms. The van der Waals surface area contributed by atoms with Crippen molar-refractivity contribution in [2.45, 2.75) is 37.6 Å². The van der Waals surface area contributed by atoms with Crippen LogP contribution in [0.1, 0.15) is 59.1 Å². The Morgan fingerprint density at radius 3 is 2.43 bits per heavy atom. The van der Waals surface area contributed by atoms with Crippen LogP contribution in [0.5, 0.6) is 0 Å². The van der Waals surface area contributed by atoms with Crippen molar-refractivity contribution in [3.05, 3.63) is 71.4 Å². The fourth-order valence-corrected chi connectivity index (χ4v) is 5.16. The van der Waals surface area contributed by atoms with Gasteiger partial charge >= 0.3 is 0 Å². The molecule has 5 heteroatoms. The van der Waals surface area contributed by atoms with E-state index in [0.29, 0.717) is 5.56 Å². The lowest BCUT2D eigenvalue weighted by Gasteiger charge is -2.41. The monoisotopic (exact) mass is 401 g/mol. The van der Waals surface area contributed by atoms with Gasteiger partial charge in [0.25, 0.3) is 5.91 Å². The summed E-state index contributed by atoms with van der Waals surface area (Å²) in [6.45, 7) is 1.60. The van der Waals surface area contributed by atoms with Crippen molar-refractivity contribution >= 4 is 22.7 Å². The first-order valence-corrected chi connectivity index (χ1v) is 10.9. The van der Waals surface area contributed by atoms with Crippen LogP contribution >= 0.6 is 0 Å². The molecule has 0 spiro atoms. The topological polar surface area (TPSA) is 56.4 Å². The number of hydrogen-bond acceptors (Lipinski definition) is 2. The Bertz CT molecular complexity index is 1090. The van der Waals surface area contributed by atoms with E-state index in [2.05, 4.69) is 11.1 Å². The van der Waals surface area contributed by atoms with E-state index in [0.717, 1.165) is 48.0 Å². The standard InChI is InChI=1S/C25H27N3O2/c1-27-23(20-16-26-21-13-7-6-10-17(20)21)22(18-11-4-5-12-19(18)24(27)29)25(30)28-14-8-2-3-9-15-28/h4-7,10-13,16,22-23,26H,2-3,8-9,14-15H2,1H3/t22-,23-/m0/s1. The molecule has 2 atom stereocenters. The minimum absolute atomic E-state index is 0.0270. The third-order valence-corrected chi connectivity index (χ3v) is 6.70. The maximum Gasteiger partial charge on any atom is 0.254 e. The maximum atomic E-state index is 13.9. The second-order valence-corrected chi connectivity index (χ2v) is 8.45. The van der Waals surface area contributed by atoms with E-state index in [1.807, 2.05) is 60.6 Å². The summed E-state index contributed by atoms with van der Waals surface area (Å²) >= 11 is 0. The number of benzene rings is 2. The quantitative estimate of drug-likeness (QED) is 0.688. The summed E-state index contributed by atoms with van der Waals surface area (Å²) in [5, 5.41) is 1.06. The Morgan fingerprint density at radius 2 is 1.63 bits per heavy atom. The second-order valence-electron chi connectivity index (χ2n) is 8.45. The number of nitrogens with zero attached hydrogens (tertiary/aromatic N) is 2. The Balaban J connectivity index is 1.66. The first kappa shape index (κ1) is 18.9. The van der Waals surface area contributed by atoms with Gasteiger partial charge < -0.3 is 14.8 Å². The highest BCUT2D eigenvalue weighted by Gasteiger charge is 2.44. The van der Waals surface area contributed by atoms with Crippen molar-refractivity contribution in [3.8, 4) is 0 Å². The number of carbonyl (C=O) groups is 2. The molecule has 2 amide bonds. The number of aromatic amines is 1. The van der Waals surface area contributed by atoms with E-state index < -0.39 is 5.92 Å². The molecular formula is C25H27N3O2. The van der Waals surface area contributed by atoms with Crippen LogP contribution in [0, 0.1) is 0 Å². The van der Waals surface area contributed by atoms with Gasteiger partial charge in [0.15, 0.2) is 0 Å². The zero-order valence-electron chi connectivity index (χ0n) is 17.3. The molecule has 3 aromatic rings. The first-order valence-electron chi connectivity index (χ1n) is 10.9.